The van der Waals surface area contributed by atoms with Crippen molar-refractivity contribution >= 4 is 12.0 Å². The number of benzene rings is 1. The number of carbonyl (C=O) groups is 1. The third kappa shape index (κ3) is 4.49. The van der Waals surface area contributed by atoms with Gasteiger partial charge in [0.25, 0.3) is 0 Å². The lowest BCUT2D eigenvalue weighted by atomic mass is 10.2. The van der Waals surface area contributed by atoms with Gasteiger partial charge in [0.1, 0.15) is 0 Å². The number of amides is 1. The van der Waals surface area contributed by atoms with Crippen molar-refractivity contribution in [3.8, 4) is 11.5 Å². The number of methoxy groups -OCH3 is 1. The van der Waals surface area contributed by atoms with Crippen LogP contribution in [0.15, 0.2) is 24.3 Å². The van der Waals surface area contributed by atoms with Crippen molar-refractivity contribution in [2.75, 3.05) is 13.7 Å². The van der Waals surface area contributed by atoms with Gasteiger partial charge < -0.3 is 15.2 Å². The van der Waals surface area contributed by atoms with E-state index in [2.05, 4.69) is 12.2 Å². The average molecular weight is 249 g/mol. The van der Waals surface area contributed by atoms with Crippen LogP contribution >= 0.6 is 0 Å². The van der Waals surface area contributed by atoms with Gasteiger partial charge in [-0.3, -0.25) is 4.79 Å². The number of rotatable bonds is 6. The topological polar surface area (TPSA) is 58.6 Å². The minimum atomic E-state index is -0.115. The number of carbonyl (C=O) groups excluding carboxylic acids is 1. The monoisotopic (exact) mass is 249 g/mol. The molecule has 1 aromatic rings. The molecule has 0 saturated heterocycles. The molecule has 0 bridgehead atoms. The highest BCUT2D eigenvalue weighted by Crippen LogP contribution is 2.26. The maximum Gasteiger partial charge on any atom is 0.243 e. The van der Waals surface area contributed by atoms with E-state index >= 15 is 0 Å². The molecule has 0 fully saturated rings. The summed E-state index contributed by atoms with van der Waals surface area (Å²) < 4.78 is 4.99. The van der Waals surface area contributed by atoms with Crippen LogP contribution in [0.25, 0.3) is 6.08 Å². The highest BCUT2D eigenvalue weighted by molar-refractivity contribution is 5.91. The maximum absolute atomic E-state index is 11.4. The second-order valence-electron chi connectivity index (χ2n) is 3.91. The van der Waals surface area contributed by atoms with Gasteiger partial charge in [-0.2, -0.15) is 0 Å². The second-order valence-corrected chi connectivity index (χ2v) is 3.91. The molecule has 0 aliphatic heterocycles. The molecule has 1 aromatic carbocycles. The third-order valence-corrected chi connectivity index (χ3v) is 2.46. The molecule has 1 amide bonds. The molecule has 0 heterocycles. The highest BCUT2D eigenvalue weighted by Gasteiger charge is 2.01. The number of aromatic hydroxyl groups is 1. The summed E-state index contributed by atoms with van der Waals surface area (Å²) in [5, 5.41) is 12.2. The molecule has 0 aliphatic rings. The Morgan fingerprint density at radius 1 is 1.50 bits per heavy atom. The predicted molar refractivity (Wildman–Crippen MR) is 71.6 cm³/mol. The van der Waals surface area contributed by atoms with Gasteiger partial charge in [0, 0.05) is 12.6 Å². The van der Waals surface area contributed by atoms with E-state index in [4.69, 9.17) is 4.74 Å². The summed E-state index contributed by atoms with van der Waals surface area (Å²) >= 11 is 0. The summed E-state index contributed by atoms with van der Waals surface area (Å²) in [4.78, 5) is 11.4. The van der Waals surface area contributed by atoms with Crippen LogP contribution in [0.2, 0.25) is 0 Å². The van der Waals surface area contributed by atoms with Gasteiger partial charge in [-0.05, 0) is 30.2 Å². The highest BCUT2D eigenvalue weighted by atomic mass is 16.5. The van der Waals surface area contributed by atoms with Crippen molar-refractivity contribution in [1.82, 2.24) is 5.32 Å². The summed E-state index contributed by atoms with van der Waals surface area (Å²) in [6.07, 6.45) is 5.19. The Morgan fingerprint density at radius 3 is 2.94 bits per heavy atom. The van der Waals surface area contributed by atoms with E-state index in [1.165, 1.54) is 19.3 Å². The average Bonchev–Trinajstić information content (AvgIpc) is 2.38. The number of hydrogen-bond donors (Lipinski definition) is 2. The van der Waals surface area contributed by atoms with Gasteiger partial charge in [-0.1, -0.05) is 19.4 Å². The molecule has 0 unspecified atom stereocenters. The Morgan fingerprint density at radius 2 is 2.28 bits per heavy atom. The van der Waals surface area contributed by atoms with Gasteiger partial charge >= 0.3 is 0 Å². The fraction of sp³-hybridized carbons (Fsp3) is 0.357. The molecule has 0 atom stereocenters. The van der Waals surface area contributed by atoms with Gasteiger partial charge in [0.2, 0.25) is 5.91 Å². The molecular weight excluding hydrogens is 230 g/mol. The Hall–Kier alpha value is -1.97. The molecule has 4 nitrogen and oxygen atoms in total. The van der Waals surface area contributed by atoms with E-state index in [1.807, 2.05) is 0 Å². The molecule has 2 N–H and O–H groups in total. The molecule has 0 saturated carbocycles. The smallest absolute Gasteiger partial charge is 0.243 e. The van der Waals surface area contributed by atoms with Crippen molar-refractivity contribution in [3.63, 3.8) is 0 Å². The second kappa shape index (κ2) is 7.37. The van der Waals surface area contributed by atoms with Crippen LogP contribution in [0.4, 0.5) is 0 Å². The van der Waals surface area contributed by atoms with Gasteiger partial charge in [0.15, 0.2) is 11.5 Å². The minimum absolute atomic E-state index is 0.0852. The van der Waals surface area contributed by atoms with E-state index in [0.717, 1.165) is 18.4 Å². The zero-order valence-electron chi connectivity index (χ0n) is 10.8. The number of hydrogen-bond acceptors (Lipinski definition) is 3. The summed E-state index contributed by atoms with van der Waals surface area (Å²) in [6.45, 7) is 2.77. The molecule has 98 valence electrons. The predicted octanol–water partition coefficient (Wildman–Crippen LogP) is 2.33. The van der Waals surface area contributed by atoms with Gasteiger partial charge in [-0.25, -0.2) is 0 Å². The zero-order valence-corrected chi connectivity index (χ0v) is 10.8. The molecule has 1 rings (SSSR count). The zero-order chi connectivity index (χ0) is 13.4. The first-order valence-corrected chi connectivity index (χ1v) is 6.00. The Balaban J connectivity index is 2.58. The van der Waals surface area contributed by atoms with Gasteiger partial charge in [0.05, 0.1) is 7.11 Å². The molecule has 18 heavy (non-hydrogen) atoms. The fourth-order valence-electron chi connectivity index (χ4n) is 1.42. The van der Waals surface area contributed by atoms with E-state index in [0.29, 0.717) is 12.3 Å². The summed E-state index contributed by atoms with van der Waals surface area (Å²) in [5.74, 6) is 0.362. The first-order chi connectivity index (χ1) is 8.67. The lowest BCUT2D eigenvalue weighted by Gasteiger charge is -2.03. The van der Waals surface area contributed by atoms with Crippen LogP contribution < -0.4 is 10.1 Å². The van der Waals surface area contributed by atoms with E-state index in [-0.39, 0.29) is 11.7 Å². The van der Waals surface area contributed by atoms with Crippen molar-refractivity contribution in [3.05, 3.63) is 29.8 Å². The number of phenols is 1. The minimum Gasteiger partial charge on any atom is -0.504 e. The van der Waals surface area contributed by atoms with Crippen LogP contribution in [-0.2, 0) is 4.79 Å². The molecule has 0 spiro atoms. The van der Waals surface area contributed by atoms with Crippen LogP contribution in [0, 0.1) is 0 Å². The third-order valence-electron chi connectivity index (χ3n) is 2.46. The number of ether oxygens (including phenoxy) is 1. The van der Waals surface area contributed by atoms with Crippen molar-refractivity contribution in [1.29, 1.82) is 0 Å². The molecular formula is C14H19NO3. The Kier molecular flexibility index (Phi) is 5.77. The van der Waals surface area contributed by atoms with Crippen LogP contribution in [0.1, 0.15) is 25.3 Å². The van der Waals surface area contributed by atoms with Crippen molar-refractivity contribution in [2.24, 2.45) is 0 Å². The maximum atomic E-state index is 11.4. The van der Waals surface area contributed by atoms with E-state index in [1.54, 1.807) is 18.2 Å². The molecule has 0 radical (unpaired) electrons. The largest absolute Gasteiger partial charge is 0.504 e. The van der Waals surface area contributed by atoms with E-state index in [9.17, 15) is 9.90 Å². The van der Waals surface area contributed by atoms with Crippen LogP contribution in [0.5, 0.6) is 11.5 Å². The first kappa shape index (κ1) is 14.1. The molecule has 0 aromatic heterocycles. The lowest BCUT2D eigenvalue weighted by Crippen LogP contribution is -2.21. The van der Waals surface area contributed by atoms with Gasteiger partial charge in [-0.15, -0.1) is 0 Å². The Labute approximate surface area is 107 Å². The summed E-state index contributed by atoms with van der Waals surface area (Å²) in [5.41, 5.74) is 0.801. The van der Waals surface area contributed by atoms with Crippen molar-refractivity contribution in [2.45, 2.75) is 19.8 Å². The summed E-state index contributed by atoms with van der Waals surface area (Å²) in [6, 6.07) is 4.92. The SMILES string of the molecule is CCCCNC(=O)/C=C/c1ccc(O)c(OC)c1. The first-order valence-electron chi connectivity index (χ1n) is 6.00. The van der Waals surface area contributed by atoms with Crippen LogP contribution in [-0.4, -0.2) is 24.7 Å². The van der Waals surface area contributed by atoms with Crippen LogP contribution in [0.3, 0.4) is 0 Å². The number of unbranched alkanes of at least 4 members (excludes halogenated alkanes) is 1. The Bertz CT molecular complexity index is 427. The lowest BCUT2D eigenvalue weighted by molar-refractivity contribution is -0.116. The summed E-state index contributed by atoms with van der Waals surface area (Å²) in [7, 11) is 1.49. The molecule has 0 aliphatic carbocycles. The quantitative estimate of drug-likeness (QED) is 0.601. The standard InChI is InChI=1S/C14H19NO3/c1-3-4-9-15-14(17)8-6-11-5-7-12(16)13(10-11)18-2/h5-8,10,16H,3-4,9H2,1-2H3,(H,15,17)/b8-6+. The fourth-order valence-corrected chi connectivity index (χ4v) is 1.42. The normalized spacial score (nSPS) is 10.6. The van der Waals surface area contributed by atoms with E-state index < -0.39 is 0 Å². The molecule has 4 heteroatoms. The number of phenolic OH excluding ortho intramolecular Hbond substituents is 1. The number of nitrogens with one attached hydrogen (secondary N) is 1. The van der Waals surface area contributed by atoms with Crippen molar-refractivity contribution < 1.29 is 14.6 Å².